The van der Waals surface area contributed by atoms with E-state index >= 15 is 0 Å². The fourth-order valence-electron chi connectivity index (χ4n) is 2.51. The standard InChI is InChI=1S/C16H39NO8Si2/c1-18-26(19-2,20-3)15-7-11-24-13-9-17-10-14-25-12-8-16-27(21-4,22-5)23-6/h17H,7-16H2,1-6H3. The van der Waals surface area contributed by atoms with Gasteiger partial charge >= 0.3 is 17.6 Å². The van der Waals surface area contributed by atoms with Gasteiger partial charge in [0.2, 0.25) is 0 Å². The van der Waals surface area contributed by atoms with Crippen LogP contribution in [-0.4, -0.2) is 99.8 Å². The van der Waals surface area contributed by atoms with Crippen LogP contribution in [-0.2, 0) is 36.0 Å². The predicted molar refractivity (Wildman–Crippen MR) is 107 cm³/mol. The van der Waals surface area contributed by atoms with Crippen LogP contribution in [0.4, 0.5) is 0 Å². The van der Waals surface area contributed by atoms with Crippen molar-refractivity contribution in [3.8, 4) is 0 Å². The van der Waals surface area contributed by atoms with Gasteiger partial charge in [-0.1, -0.05) is 0 Å². The summed E-state index contributed by atoms with van der Waals surface area (Å²) >= 11 is 0. The lowest BCUT2D eigenvalue weighted by Gasteiger charge is -2.24. The summed E-state index contributed by atoms with van der Waals surface area (Å²) in [5.74, 6) is 0. The molecule has 0 saturated carbocycles. The van der Waals surface area contributed by atoms with Crippen molar-refractivity contribution in [1.29, 1.82) is 0 Å². The topological polar surface area (TPSA) is 85.9 Å². The minimum absolute atomic E-state index is 0.658. The molecular formula is C16H39NO8Si2. The second-order valence-electron chi connectivity index (χ2n) is 5.77. The Morgan fingerprint density at radius 2 is 0.852 bits per heavy atom. The van der Waals surface area contributed by atoms with Crippen molar-refractivity contribution in [2.75, 3.05) is 82.2 Å². The van der Waals surface area contributed by atoms with Crippen molar-refractivity contribution in [3.05, 3.63) is 0 Å². The first-order valence-corrected chi connectivity index (χ1v) is 13.1. The van der Waals surface area contributed by atoms with Gasteiger partial charge in [-0.25, -0.2) is 0 Å². The lowest BCUT2D eigenvalue weighted by molar-refractivity contribution is 0.102. The van der Waals surface area contributed by atoms with Crippen LogP contribution in [0.1, 0.15) is 12.8 Å². The zero-order valence-electron chi connectivity index (χ0n) is 17.8. The van der Waals surface area contributed by atoms with Gasteiger partial charge in [0.25, 0.3) is 0 Å². The molecule has 0 aliphatic heterocycles. The van der Waals surface area contributed by atoms with E-state index in [0.29, 0.717) is 26.4 Å². The molecule has 27 heavy (non-hydrogen) atoms. The average molecular weight is 430 g/mol. The molecule has 11 heteroatoms. The van der Waals surface area contributed by atoms with Gasteiger partial charge in [0.15, 0.2) is 0 Å². The van der Waals surface area contributed by atoms with E-state index in [1.807, 2.05) is 0 Å². The maximum absolute atomic E-state index is 5.60. The minimum atomic E-state index is -2.47. The first-order valence-electron chi connectivity index (χ1n) is 9.24. The van der Waals surface area contributed by atoms with Crippen LogP contribution in [0.2, 0.25) is 12.1 Å². The Hall–Kier alpha value is 0.0738. The van der Waals surface area contributed by atoms with E-state index in [2.05, 4.69) is 5.32 Å². The first kappa shape index (κ1) is 27.1. The molecule has 9 nitrogen and oxygen atoms in total. The maximum Gasteiger partial charge on any atom is 0.500 e. The van der Waals surface area contributed by atoms with Crippen molar-refractivity contribution in [1.82, 2.24) is 5.32 Å². The van der Waals surface area contributed by atoms with Crippen molar-refractivity contribution in [2.45, 2.75) is 24.9 Å². The van der Waals surface area contributed by atoms with Crippen LogP contribution in [0.15, 0.2) is 0 Å². The predicted octanol–water partition coefficient (Wildman–Crippen LogP) is 1.15. The van der Waals surface area contributed by atoms with Crippen LogP contribution in [0.25, 0.3) is 0 Å². The second kappa shape index (κ2) is 17.0. The Morgan fingerprint density at radius 3 is 1.15 bits per heavy atom. The largest absolute Gasteiger partial charge is 0.500 e. The van der Waals surface area contributed by atoms with Crippen molar-refractivity contribution in [3.63, 3.8) is 0 Å². The van der Waals surface area contributed by atoms with Crippen LogP contribution < -0.4 is 5.32 Å². The van der Waals surface area contributed by atoms with E-state index < -0.39 is 17.6 Å². The molecule has 0 aromatic carbocycles. The fraction of sp³-hybridized carbons (Fsp3) is 1.00. The molecule has 0 bridgehead atoms. The average Bonchev–Trinajstić information content (AvgIpc) is 2.72. The molecule has 1 N–H and O–H groups in total. The Kier molecular flexibility index (Phi) is 17.0. The van der Waals surface area contributed by atoms with Gasteiger partial charge in [-0.15, -0.1) is 0 Å². The molecule has 0 amide bonds. The van der Waals surface area contributed by atoms with Gasteiger partial charge < -0.3 is 41.3 Å². The molecular weight excluding hydrogens is 390 g/mol. The Labute approximate surface area is 166 Å². The molecule has 0 spiro atoms. The van der Waals surface area contributed by atoms with Gasteiger partial charge in [0.05, 0.1) is 13.2 Å². The summed E-state index contributed by atoms with van der Waals surface area (Å²) in [4.78, 5) is 0. The summed E-state index contributed by atoms with van der Waals surface area (Å²) in [5.41, 5.74) is 0. The summed E-state index contributed by atoms with van der Waals surface area (Å²) < 4.78 is 43.4. The van der Waals surface area contributed by atoms with E-state index in [0.717, 1.165) is 38.0 Å². The number of hydrogen-bond acceptors (Lipinski definition) is 9. The van der Waals surface area contributed by atoms with Crippen molar-refractivity contribution < 1.29 is 36.0 Å². The van der Waals surface area contributed by atoms with Gasteiger partial charge in [-0.05, 0) is 12.8 Å². The third-order valence-electron chi connectivity index (χ3n) is 4.26. The van der Waals surface area contributed by atoms with Crippen LogP contribution in [0.5, 0.6) is 0 Å². The highest BCUT2D eigenvalue weighted by molar-refractivity contribution is 6.60. The lowest BCUT2D eigenvalue weighted by Crippen LogP contribution is -2.42. The summed E-state index contributed by atoms with van der Waals surface area (Å²) in [6, 6.07) is 1.49. The first-order chi connectivity index (χ1) is 13.1. The lowest BCUT2D eigenvalue weighted by atomic mass is 10.5. The monoisotopic (exact) mass is 429 g/mol. The molecule has 0 aromatic heterocycles. The molecule has 0 aliphatic carbocycles. The van der Waals surface area contributed by atoms with Crippen LogP contribution in [0, 0.1) is 0 Å². The third kappa shape index (κ3) is 11.6. The van der Waals surface area contributed by atoms with E-state index in [1.165, 1.54) is 0 Å². The smallest absolute Gasteiger partial charge is 0.380 e. The molecule has 0 aliphatic rings. The maximum atomic E-state index is 5.60. The summed E-state index contributed by atoms with van der Waals surface area (Å²) in [7, 11) is 4.80. The van der Waals surface area contributed by atoms with Gasteiger partial charge in [0.1, 0.15) is 0 Å². The van der Waals surface area contributed by atoms with Crippen molar-refractivity contribution >= 4 is 17.6 Å². The van der Waals surface area contributed by atoms with Crippen LogP contribution >= 0.6 is 0 Å². The van der Waals surface area contributed by atoms with E-state index in [9.17, 15) is 0 Å². The van der Waals surface area contributed by atoms with Crippen molar-refractivity contribution in [2.24, 2.45) is 0 Å². The highest BCUT2D eigenvalue weighted by atomic mass is 28.4. The Balaban J connectivity index is 3.46. The quantitative estimate of drug-likeness (QED) is 0.226. The number of hydrogen-bond donors (Lipinski definition) is 1. The molecule has 0 atom stereocenters. The molecule has 0 fully saturated rings. The van der Waals surface area contributed by atoms with E-state index in [4.69, 9.17) is 36.0 Å². The number of rotatable bonds is 20. The number of nitrogens with one attached hydrogen (secondary N) is 1. The van der Waals surface area contributed by atoms with Gasteiger partial charge in [-0.2, -0.15) is 0 Å². The van der Waals surface area contributed by atoms with Gasteiger partial charge in [0, 0.05) is 81.1 Å². The molecule has 0 heterocycles. The molecule has 0 radical (unpaired) electrons. The fourth-order valence-corrected chi connectivity index (χ4v) is 5.89. The molecule has 0 aromatic rings. The zero-order chi connectivity index (χ0) is 20.4. The highest BCUT2D eigenvalue weighted by Gasteiger charge is 2.37. The van der Waals surface area contributed by atoms with E-state index in [-0.39, 0.29) is 0 Å². The highest BCUT2D eigenvalue weighted by Crippen LogP contribution is 2.15. The molecule has 0 unspecified atom stereocenters. The SMILES string of the molecule is CO[Si](CCCOCCNCCOCCC[Si](OC)(OC)OC)(OC)OC. The summed E-state index contributed by atoms with van der Waals surface area (Å²) in [6.07, 6.45) is 1.69. The summed E-state index contributed by atoms with van der Waals surface area (Å²) in [6.45, 7) is 4.21. The van der Waals surface area contributed by atoms with Crippen LogP contribution in [0.3, 0.4) is 0 Å². The van der Waals surface area contributed by atoms with E-state index in [1.54, 1.807) is 42.7 Å². The Morgan fingerprint density at radius 1 is 0.519 bits per heavy atom. The number of ether oxygens (including phenoxy) is 2. The molecule has 0 saturated heterocycles. The minimum Gasteiger partial charge on any atom is -0.380 e. The van der Waals surface area contributed by atoms with Gasteiger partial charge in [-0.3, -0.25) is 0 Å². The molecule has 164 valence electrons. The Bertz CT molecular complexity index is 287. The molecule has 0 rings (SSSR count). The second-order valence-corrected chi connectivity index (χ2v) is 12.0. The summed E-state index contributed by atoms with van der Waals surface area (Å²) in [5, 5.41) is 3.29. The normalized spacial score (nSPS) is 12.7. The zero-order valence-corrected chi connectivity index (χ0v) is 19.8. The third-order valence-corrected chi connectivity index (χ3v) is 9.92.